The number of nitro benzene ring substituents is 1. The molecule has 0 unspecified atom stereocenters. The summed E-state index contributed by atoms with van der Waals surface area (Å²) >= 11 is 7.54. The Morgan fingerprint density at radius 2 is 1.79 bits per heavy atom. The SMILES string of the molecule is CCNC(=O)N1CCN(c2cc(Cl)nc(SCC(=O)N3CCN(c4ccc([N+](=O)[O-])cc4)CC3)n2)C[C@H]1C. The van der Waals surface area contributed by atoms with Crippen molar-refractivity contribution in [2.75, 3.05) is 67.9 Å². The van der Waals surface area contributed by atoms with Gasteiger partial charge in [-0.05, 0) is 26.0 Å². The number of thioether (sulfide) groups is 1. The van der Waals surface area contributed by atoms with E-state index >= 15 is 0 Å². The highest BCUT2D eigenvalue weighted by Gasteiger charge is 2.28. The van der Waals surface area contributed by atoms with Gasteiger partial charge >= 0.3 is 6.03 Å². The van der Waals surface area contributed by atoms with Crippen LogP contribution in [0.1, 0.15) is 13.8 Å². The van der Waals surface area contributed by atoms with Crippen LogP contribution in [0.4, 0.5) is 22.0 Å². The molecule has 0 aliphatic carbocycles. The number of rotatable bonds is 7. The summed E-state index contributed by atoms with van der Waals surface area (Å²) in [6.45, 7) is 8.71. The molecule has 1 N–H and O–H groups in total. The fraction of sp³-hybridized carbons (Fsp3) is 0.500. The first-order valence-electron chi connectivity index (χ1n) is 12.5. The van der Waals surface area contributed by atoms with E-state index in [-0.39, 0.29) is 29.4 Å². The molecule has 3 amide bonds. The van der Waals surface area contributed by atoms with Crippen LogP contribution >= 0.6 is 23.4 Å². The summed E-state index contributed by atoms with van der Waals surface area (Å²) in [5.74, 6) is 0.866. The Balaban J connectivity index is 1.29. The molecule has 204 valence electrons. The van der Waals surface area contributed by atoms with Crippen molar-refractivity contribution >= 4 is 52.5 Å². The summed E-state index contributed by atoms with van der Waals surface area (Å²) in [6.07, 6.45) is 0. The van der Waals surface area contributed by atoms with Gasteiger partial charge in [0.25, 0.3) is 5.69 Å². The number of nitrogens with one attached hydrogen (secondary N) is 1. The number of benzene rings is 1. The summed E-state index contributed by atoms with van der Waals surface area (Å²) < 4.78 is 0. The maximum absolute atomic E-state index is 12.9. The molecule has 14 heteroatoms. The van der Waals surface area contributed by atoms with Gasteiger partial charge in [0.15, 0.2) is 5.16 Å². The first-order valence-corrected chi connectivity index (χ1v) is 13.9. The van der Waals surface area contributed by atoms with E-state index in [4.69, 9.17) is 11.6 Å². The maximum Gasteiger partial charge on any atom is 0.317 e. The zero-order valence-electron chi connectivity index (χ0n) is 21.4. The van der Waals surface area contributed by atoms with Crippen LogP contribution in [0.25, 0.3) is 0 Å². The number of anilines is 2. The average molecular weight is 563 g/mol. The fourth-order valence-electron chi connectivity index (χ4n) is 4.55. The minimum Gasteiger partial charge on any atom is -0.368 e. The third kappa shape index (κ3) is 6.76. The summed E-state index contributed by atoms with van der Waals surface area (Å²) in [4.78, 5) is 52.3. The summed E-state index contributed by atoms with van der Waals surface area (Å²) in [5, 5.41) is 14.5. The zero-order valence-corrected chi connectivity index (χ0v) is 23.0. The number of non-ortho nitro benzene ring substituents is 1. The van der Waals surface area contributed by atoms with Gasteiger partial charge in [0.1, 0.15) is 11.0 Å². The van der Waals surface area contributed by atoms with Crippen LogP contribution in [0, 0.1) is 10.1 Å². The van der Waals surface area contributed by atoms with Crippen LogP contribution in [-0.4, -0.2) is 101 Å². The second kappa shape index (κ2) is 12.5. The lowest BCUT2D eigenvalue weighted by Crippen LogP contribution is -2.56. The van der Waals surface area contributed by atoms with E-state index < -0.39 is 4.92 Å². The minimum absolute atomic E-state index is 0.00592. The highest BCUT2D eigenvalue weighted by atomic mass is 35.5. The molecule has 0 bridgehead atoms. The first kappa shape index (κ1) is 27.7. The number of hydrogen-bond donors (Lipinski definition) is 1. The number of nitro groups is 1. The van der Waals surface area contributed by atoms with E-state index in [1.54, 1.807) is 18.2 Å². The van der Waals surface area contributed by atoms with Gasteiger partial charge in [-0.15, -0.1) is 0 Å². The highest BCUT2D eigenvalue weighted by Crippen LogP contribution is 2.25. The third-order valence-corrected chi connectivity index (χ3v) is 7.61. The molecule has 4 rings (SSSR count). The molecule has 2 aromatic rings. The molecule has 3 heterocycles. The molecule has 2 saturated heterocycles. The number of piperazine rings is 2. The number of urea groups is 1. The number of carbonyl (C=O) groups excluding carboxylic acids is 2. The minimum atomic E-state index is -0.417. The van der Waals surface area contributed by atoms with Crippen molar-refractivity contribution in [3.05, 3.63) is 45.6 Å². The first-order chi connectivity index (χ1) is 18.2. The monoisotopic (exact) mass is 562 g/mol. The largest absolute Gasteiger partial charge is 0.368 e. The lowest BCUT2D eigenvalue weighted by Gasteiger charge is -2.40. The quantitative estimate of drug-likeness (QED) is 0.178. The van der Waals surface area contributed by atoms with Crippen molar-refractivity contribution in [3.8, 4) is 0 Å². The van der Waals surface area contributed by atoms with E-state index in [0.29, 0.717) is 68.5 Å². The molecule has 1 aromatic carbocycles. The van der Waals surface area contributed by atoms with Crippen LogP contribution in [-0.2, 0) is 4.79 Å². The fourth-order valence-corrected chi connectivity index (χ4v) is 5.53. The lowest BCUT2D eigenvalue weighted by molar-refractivity contribution is -0.384. The molecule has 2 aliphatic heterocycles. The third-order valence-electron chi connectivity index (χ3n) is 6.58. The Morgan fingerprint density at radius 1 is 1.11 bits per heavy atom. The predicted molar refractivity (Wildman–Crippen MR) is 147 cm³/mol. The van der Waals surface area contributed by atoms with E-state index in [2.05, 4.69) is 25.1 Å². The van der Waals surface area contributed by atoms with Crippen LogP contribution in [0.15, 0.2) is 35.5 Å². The summed E-state index contributed by atoms with van der Waals surface area (Å²) in [6, 6.07) is 8.11. The van der Waals surface area contributed by atoms with Gasteiger partial charge in [-0.3, -0.25) is 14.9 Å². The van der Waals surface area contributed by atoms with Crippen molar-refractivity contribution in [2.45, 2.75) is 25.0 Å². The van der Waals surface area contributed by atoms with Crippen molar-refractivity contribution in [2.24, 2.45) is 0 Å². The van der Waals surface area contributed by atoms with Gasteiger partial charge in [0, 0.05) is 82.3 Å². The van der Waals surface area contributed by atoms with E-state index in [0.717, 1.165) is 5.69 Å². The van der Waals surface area contributed by atoms with Crippen molar-refractivity contribution in [1.82, 2.24) is 25.1 Å². The number of halogens is 1. The van der Waals surface area contributed by atoms with Crippen LogP contribution < -0.4 is 15.1 Å². The van der Waals surface area contributed by atoms with Crippen molar-refractivity contribution in [1.29, 1.82) is 0 Å². The van der Waals surface area contributed by atoms with Crippen molar-refractivity contribution < 1.29 is 14.5 Å². The number of aromatic nitrogens is 2. The molecule has 0 saturated carbocycles. The molecule has 2 aliphatic rings. The molecule has 0 radical (unpaired) electrons. The van der Waals surface area contributed by atoms with Crippen molar-refractivity contribution in [3.63, 3.8) is 0 Å². The van der Waals surface area contributed by atoms with Gasteiger partial charge in [-0.25, -0.2) is 14.8 Å². The molecule has 38 heavy (non-hydrogen) atoms. The van der Waals surface area contributed by atoms with Gasteiger partial charge in [0.05, 0.1) is 10.7 Å². The molecule has 12 nitrogen and oxygen atoms in total. The summed E-state index contributed by atoms with van der Waals surface area (Å²) in [7, 11) is 0. The van der Waals surface area contributed by atoms with E-state index in [1.165, 1.54) is 23.9 Å². The Labute approximate surface area is 230 Å². The highest BCUT2D eigenvalue weighted by molar-refractivity contribution is 7.99. The van der Waals surface area contributed by atoms with Gasteiger partial charge in [0.2, 0.25) is 5.91 Å². The van der Waals surface area contributed by atoms with Gasteiger partial charge in [-0.1, -0.05) is 23.4 Å². The van der Waals surface area contributed by atoms with E-state index in [1.807, 2.05) is 23.6 Å². The molecular formula is C24H31ClN8O4S. The number of hydrogen-bond acceptors (Lipinski definition) is 9. The lowest BCUT2D eigenvalue weighted by atomic mass is 10.2. The van der Waals surface area contributed by atoms with Gasteiger partial charge < -0.3 is 24.9 Å². The summed E-state index contributed by atoms with van der Waals surface area (Å²) in [5.41, 5.74) is 0.959. The maximum atomic E-state index is 12.9. The van der Waals surface area contributed by atoms with Crippen LogP contribution in [0.5, 0.6) is 0 Å². The smallest absolute Gasteiger partial charge is 0.317 e. The molecule has 0 spiro atoms. The molecule has 2 fully saturated rings. The Hall–Kier alpha value is -3.32. The predicted octanol–water partition coefficient (Wildman–Crippen LogP) is 2.72. The standard InChI is InChI=1S/C24H31ClN8O4S/c1-3-26-24(35)32-13-12-31(15-17(32)2)21-14-20(25)27-23(28-21)38-16-22(34)30-10-8-29(9-11-30)18-4-6-19(7-5-18)33(36)37/h4-7,14,17H,3,8-13,15-16H2,1-2H3,(H,26,35)/t17-/m1/s1. The van der Waals surface area contributed by atoms with Gasteiger partial charge in [-0.2, -0.15) is 0 Å². The van der Waals surface area contributed by atoms with Crippen LogP contribution in [0.3, 0.4) is 0 Å². The number of carbonyl (C=O) groups is 2. The Bertz CT molecular complexity index is 1160. The number of amides is 3. The average Bonchev–Trinajstić information content (AvgIpc) is 2.91. The Kier molecular flexibility index (Phi) is 9.10. The molecule has 1 atom stereocenters. The molecule has 1 aromatic heterocycles. The molecular weight excluding hydrogens is 532 g/mol. The van der Waals surface area contributed by atoms with Crippen LogP contribution in [0.2, 0.25) is 5.15 Å². The van der Waals surface area contributed by atoms with E-state index in [9.17, 15) is 19.7 Å². The second-order valence-corrected chi connectivity index (χ2v) is 10.4. The topological polar surface area (TPSA) is 128 Å². The normalized spacial score (nSPS) is 17.9. The number of nitrogens with zero attached hydrogens (tertiary/aromatic N) is 7. The zero-order chi connectivity index (χ0) is 27.2. The second-order valence-electron chi connectivity index (χ2n) is 9.09. The Morgan fingerprint density at radius 3 is 2.42 bits per heavy atom.